The summed E-state index contributed by atoms with van der Waals surface area (Å²) >= 11 is 0. The van der Waals surface area contributed by atoms with Crippen LogP contribution in [0, 0.1) is 0 Å². The average Bonchev–Trinajstić information content (AvgIpc) is 2.89. The molecule has 1 saturated heterocycles. The summed E-state index contributed by atoms with van der Waals surface area (Å²) in [6.45, 7) is 8.79. The van der Waals surface area contributed by atoms with E-state index in [0.717, 1.165) is 51.7 Å². The number of hydrogen-bond donors (Lipinski definition) is 1. The van der Waals surface area contributed by atoms with Gasteiger partial charge in [-0.1, -0.05) is 26.7 Å². The van der Waals surface area contributed by atoms with Gasteiger partial charge in [0.25, 0.3) is 5.91 Å². The molecule has 11 heteroatoms. The van der Waals surface area contributed by atoms with E-state index in [4.69, 9.17) is 9.47 Å². The molecule has 1 aromatic carbocycles. The van der Waals surface area contributed by atoms with Crippen LogP contribution in [-0.2, 0) is 24.3 Å². The predicted octanol–water partition coefficient (Wildman–Crippen LogP) is 1.84. The van der Waals surface area contributed by atoms with E-state index in [0.29, 0.717) is 31.2 Å². The number of anilines is 1. The van der Waals surface area contributed by atoms with Gasteiger partial charge < -0.3 is 19.7 Å². The number of carbonyl (C=O) groups is 2. The number of unbranched alkanes of at least 4 members (excludes halogenated alkanes) is 2. The highest BCUT2D eigenvalue weighted by atomic mass is 32.2. The van der Waals surface area contributed by atoms with Gasteiger partial charge >= 0.3 is 0 Å². The van der Waals surface area contributed by atoms with E-state index in [2.05, 4.69) is 24.1 Å². The minimum atomic E-state index is -3.75. The maximum absolute atomic E-state index is 13.1. The first-order chi connectivity index (χ1) is 17.4. The predicted molar refractivity (Wildman–Crippen MR) is 138 cm³/mol. The van der Waals surface area contributed by atoms with Crippen LogP contribution in [0.25, 0.3) is 0 Å². The van der Waals surface area contributed by atoms with Crippen LogP contribution in [0.3, 0.4) is 0 Å². The topological polar surface area (TPSA) is 108 Å². The van der Waals surface area contributed by atoms with Gasteiger partial charge in [-0.3, -0.25) is 14.5 Å². The Balaban J connectivity index is 1.60. The molecule has 1 fully saturated rings. The first-order valence-corrected chi connectivity index (χ1v) is 14.4. The molecule has 2 amide bonds. The summed E-state index contributed by atoms with van der Waals surface area (Å²) in [5.74, 6) is -0.291. The lowest BCUT2D eigenvalue weighted by atomic mass is 10.2. The quantitative estimate of drug-likeness (QED) is 0.370. The molecular weight excluding hydrogens is 484 g/mol. The minimum absolute atomic E-state index is 0.0612. The molecule has 0 unspecified atom stereocenters. The Morgan fingerprint density at radius 1 is 1.06 bits per heavy atom. The van der Waals surface area contributed by atoms with Crippen molar-refractivity contribution in [2.75, 3.05) is 70.5 Å². The number of hydrogen-bond acceptors (Lipinski definition) is 7. The van der Waals surface area contributed by atoms with Crippen molar-refractivity contribution in [2.24, 2.45) is 0 Å². The first-order valence-electron chi connectivity index (χ1n) is 13.0. The lowest BCUT2D eigenvalue weighted by Gasteiger charge is -2.30. The highest BCUT2D eigenvalue weighted by molar-refractivity contribution is 7.89. The van der Waals surface area contributed by atoms with Crippen molar-refractivity contribution in [3.05, 3.63) is 18.2 Å². The molecule has 0 aliphatic carbocycles. The van der Waals surface area contributed by atoms with Gasteiger partial charge in [-0.2, -0.15) is 4.31 Å². The van der Waals surface area contributed by atoms with Crippen LogP contribution < -0.4 is 15.0 Å². The molecular formula is C25H40N4O6S. The van der Waals surface area contributed by atoms with Crippen molar-refractivity contribution < 1.29 is 27.5 Å². The fourth-order valence-electron chi connectivity index (χ4n) is 4.28. The SMILES string of the molecule is CCCCN(CCCC)CCCNC(=O)CN1C(=O)COc2ccc(S(=O)(=O)N3CCOCC3)cc21. The van der Waals surface area contributed by atoms with Gasteiger partial charge in [-0.15, -0.1) is 0 Å². The Morgan fingerprint density at radius 3 is 2.39 bits per heavy atom. The summed E-state index contributed by atoms with van der Waals surface area (Å²) in [5, 5.41) is 2.90. The lowest BCUT2D eigenvalue weighted by Crippen LogP contribution is -2.45. The molecule has 1 N–H and O–H groups in total. The van der Waals surface area contributed by atoms with Gasteiger partial charge in [0.15, 0.2) is 6.61 Å². The Hall–Kier alpha value is -2.21. The molecule has 0 saturated carbocycles. The summed E-state index contributed by atoms with van der Waals surface area (Å²) in [5.41, 5.74) is 0.293. The van der Waals surface area contributed by atoms with Crippen LogP contribution in [0.2, 0.25) is 0 Å². The molecule has 2 heterocycles. The number of fused-ring (bicyclic) bond motifs is 1. The fourth-order valence-corrected chi connectivity index (χ4v) is 5.71. The molecule has 202 valence electrons. The average molecular weight is 525 g/mol. The zero-order valence-corrected chi connectivity index (χ0v) is 22.4. The van der Waals surface area contributed by atoms with Crippen molar-refractivity contribution in [2.45, 2.75) is 50.8 Å². The monoisotopic (exact) mass is 524 g/mol. The van der Waals surface area contributed by atoms with Crippen molar-refractivity contribution in [3.8, 4) is 5.75 Å². The van der Waals surface area contributed by atoms with Gasteiger partial charge in [0.1, 0.15) is 12.3 Å². The normalized spacial score (nSPS) is 16.6. The number of ether oxygens (including phenoxy) is 2. The fraction of sp³-hybridized carbons (Fsp3) is 0.680. The summed E-state index contributed by atoms with van der Waals surface area (Å²) < 4.78 is 38.3. The van der Waals surface area contributed by atoms with Gasteiger partial charge in [-0.25, -0.2) is 8.42 Å². The highest BCUT2D eigenvalue weighted by Crippen LogP contribution is 2.35. The molecule has 0 atom stereocenters. The van der Waals surface area contributed by atoms with Gasteiger partial charge in [0.2, 0.25) is 15.9 Å². The van der Waals surface area contributed by atoms with E-state index in [1.54, 1.807) is 6.07 Å². The minimum Gasteiger partial charge on any atom is -0.482 e. The van der Waals surface area contributed by atoms with Crippen LogP contribution in [0.5, 0.6) is 5.75 Å². The Kier molecular flexibility index (Phi) is 11.0. The number of rotatable bonds is 14. The second-order valence-corrected chi connectivity index (χ2v) is 11.1. The largest absolute Gasteiger partial charge is 0.482 e. The van der Waals surface area contributed by atoms with E-state index in [-0.39, 0.29) is 43.0 Å². The van der Waals surface area contributed by atoms with E-state index >= 15 is 0 Å². The van der Waals surface area contributed by atoms with Crippen molar-refractivity contribution >= 4 is 27.5 Å². The zero-order valence-electron chi connectivity index (χ0n) is 21.5. The molecule has 0 aromatic heterocycles. The van der Waals surface area contributed by atoms with E-state index < -0.39 is 10.0 Å². The third-order valence-electron chi connectivity index (χ3n) is 6.41. The summed E-state index contributed by atoms with van der Waals surface area (Å²) in [6.07, 6.45) is 5.47. The van der Waals surface area contributed by atoms with E-state index in [1.807, 2.05) is 0 Å². The smallest absolute Gasteiger partial charge is 0.265 e. The molecule has 3 rings (SSSR count). The maximum Gasteiger partial charge on any atom is 0.265 e. The summed E-state index contributed by atoms with van der Waals surface area (Å²) in [7, 11) is -3.75. The summed E-state index contributed by atoms with van der Waals surface area (Å²) in [6, 6.07) is 4.44. The molecule has 1 aromatic rings. The van der Waals surface area contributed by atoms with Crippen molar-refractivity contribution in [1.82, 2.24) is 14.5 Å². The van der Waals surface area contributed by atoms with E-state index in [1.165, 1.54) is 21.3 Å². The van der Waals surface area contributed by atoms with E-state index in [9.17, 15) is 18.0 Å². The van der Waals surface area contributed by atoms with Crippen LogP contribution >= 0.6 is 0 Å². The van der Waals surface area contributed by atoms with Crippen LogP contribution in [0.1, 0.15) is 46.0 Å². The van der Waals surface area contributed by atoms with Crippen LogP contribution in [0.15, 0.2) is 23.1 Å². The molecule has 2 aliphatic heterocycles. The Morgan fingerprint density at radius 2 is 1.72 bits per heavy atom. The number of carbonyl (C=O) groups excluding carboxylic acids is 2. The van der Waals surface area contributed by atoms with Crippen LogP contribution in [-0.4, -0.2) is 95.1 Å². The standard InChI is InChI=1S/C25H40N4O6S/c1-3-5-11-27(12-6-4-2)13-7-10-26-24(30)19-29-22-18-21(8-9-23(22)35-20-25(29)31)36(32,33)28-14-16-34-17-15-28/h8-9,18H,3-7,10-17,19-20H2,1-2H3,(H,26,30). The number of morpholine rings is 1. The van der Waals surface area contributed by atoms with Crippen molar-refractivity contribution in [1.29, 1.82) is 0 Å². The molecule has 0 spiro atoms. The third-order valence-corrected chi connectivity index (χ3v) is 8.31. The number of amides is 2. The Labute approximate surface area is 214 Å². The summed E-state index contributed by atoms with van der Waals surface area (Å²) in [4.78, 5) is 29.1. The van der Waals surface area contributed by atoms with Gasteiger partial charge in [0.05, 0.1) is 23.8 Å². The number of benzene rings is 1. The third kappa shape index (κ3) is 7.64. The molecule has 0 bridgehead atoms. The molecule has 10 nitrogen and oxygen atoms in total. The molecule has 0 radical (unpaired) electrons. The number of nitrogens with one attached hydrogen (secondary N) is 1. The first kappa shape index (κ1) is 28.4. The Bertz CT molecular complexity index is 973. The molecule has 36 heavy (non-hydrogen) atoms. The second-order valence-electron chi connectivity index (χ2n) is 9.17. The second kappa shape index (κ2) is 13.9. The lowest BCUT2D eigenvalue weighted by molar-refractivity contribution is -0.125. The van der Waals surface area contributed by atoms with Crippen LogP contribution in [0.4, 0.5) is 5.69 Å². The number of sulfonamides is 1. The van der Waals surface area contributed by atoms with Gasteiger partial charge in [0, 0.05) is 19.6 Å². The number of nitrogens with zero attached hydrogens (tertiary/aromatic N) is 3. The molecule has 2 aliphatic rings. The maximum atomic E-state index is 13.1. The van der Waals surface area contributed by atoms with Gasteiger partial charge in [-0.05, 0) is 57.1 Å². The zero-order chi connectivity index (χ0) is 26.0. The highest BCUT2D eigenvalue weighted by Gasteiger charge is 2.31. The van der Waals surface area contributed by atoms with Crippen molar-refractivity contribution in [3.63, 3.8) is 0 Å².